The molecule has 6 nitrogen and oxygen atoms in total. The Balaban J connectivity index is 1.71. The van der Waals surface area contributed by atoms with E-state index in [4.69, 9.17) is 10.8 Å². The van der Waals surface area contributed by atoms with Gasteiger partial charge in [-0.25, -0.2) is 0 Å². The van der Waals surface area contributed by atoms with E-state index in [1.54, 1.807) is 6.20 Å². The summed E-state index contributed by atoms with van der Waals surface area (Å²) < 4.78 is 2.10. The first kappa shape index (κ1) is 15.8. The van der Waals surface area contributed by atoms with E-state index in [0.29, 0.717) is 11.6 Å². The lowest BCUT2D eigenvalue weighted by atomic mass is 10.0. The van der Waals surface area contributed by atoms with Crippen LogP contribution in [-0.2, 0) is 0 Å². The first-order chi connectivity index (χ1) is 12.1. The molecule has 2 N–H and O–H groups in total. The average molecular weight is 335 g/mol. The summed E-state index contributed by atoms with van der Waals surface area (Å²) in [5.74, 6) is -0.467. The molecule has 3 aromatic rings. The van der Waals surface area contributed by atoms with Gasteiger partial charge in [-0.2, -0.15) is 5.10 Å². The van der Waals surface area contributed by atoms with Crippen molar-refractivity contribution in [1.82, 2.24) is 19.7 Å². The van der Waals surface area contributed by atoms with Crippen molar-refractivity contribution in [1.29, 1.82) is 0 Å². The van der Waals surface area contributed by atoms with Gasteiger partial charge in [0.05, 0.1) is 17.1 Å². The van der Waals surface area contributed by atoms with Crippen LogP contribution in [-0.4, -0.2) is 45.7 Å². The molecule has 128 valence electrons. The van der Waals surface area contributed by atoms with E-state index in [9.17, 15) is 4.79 Å². The van der Waals surface area contributed by atoms with Crippen molar-refractivity contribution >= 4 is 16.8 Å². The number of carbonyl (C=O) groups is 1. The Bertz CT molecular complexity index is 924. The van der Waals surface area contributed by atoms with Gasteiger partial charge in [-0.3, -0.25) is 14.5 Å². The van der Waals surface area contributed by atoms with Crippen LogP contribution in [0.5, 0.6) is 0 Å². The van der Waals surface area contributed by atoms with Gasteiger partial charge < -0.3 is 10.6 Å². The lowest BCUT2D eigenvalue weighted by Gasteiger charge is -2.28. The normalized spacial score (nSPS) is 16.4. The minimum absolute atomic E-state index is 0.435. The lowest BCUT2D eigenvalue weighted by Crippen LogP contribution is -2.31. The monoisotopic (exact) mass is 335 g/mol. The second-order valence-electron chi connectivity index (χ2n) is 6.70. The smallest absolute Gasteiger partial charge is 0.250 e. The summed E-state index contributed by atoms with van der Waals surface area (Å²) >= 11 is 0. The van der Waals surface area contributed by atoms with Crippen LogP contribution in [0.4, 0.5) is 0 Å². The van der Waals surface area contributed by atoms with Crippen molar-refractivity contribution in [2.24, 2.45) is 5.73 Å². The van der Waals surface area contributed by atoms with Crippen LogP contribution in [0.3, 0.4) is 0 Å². The molecule has 1 saturated heterocycles. The zero-order valence-corrected chi connectivity index (χ0v) is 14.2. The second kappa shape index (κ2) is 6.29. The fourth-order valence-electron chi connectivity index (χ4n) is 3.50. The number of nitrogens with zero attached hydrogens (tertiary/aromatic N) is 4. The van der Waals surface area contributed by atoms with E-state index in [-0.39, 0.29) is 0 Å². The van der Waals surface area contributed by atoms with Crippen LogP contribution in [0.2, 0.25) is 0 Å². The minimum Gasteiger partial charge on any atom is -0.366 e. The summed E-state index contributed by atoms with van der Waals surface area (Å²) in [7, 11) is 2.16. The van der Waals surface area contributed by atoms with E-state index in [2.05, 4.69) is 33.9 Å². The maximum absolute atomic E-state index is 11.7. The summed E-state index contributed by atoms with van der Waals surface area (Å²) in [5, 5.41) is 5.82. The highest BCUT2D eigenvalue weighted by molar-refractivity contribution is 6.00. The fourth-order valence-corrected chi connectivity index (χ4v) is 3.50. The van der Waals surface area contributed by atoms with E-state index < -0.39 is 5.91 Å². The van der Waals surface area contributed by atoms with Crippen LogP contribution in [0.15, 0.2) is 42.9 Å². The first-order valence-corrected chi connectivity index (χ1v) is 8.53. The lowest BCUT2D eigenvalue weighted by molar-refractivity contribution is 0.100. The average Bonchev–Trinajstić information content (AvgIpc) is 3.05. The topological polar surface area (TPSA) is 77.0 Å². The molecule has 0 aliphatic carbocycles. The first-order valence-electron chi connectivity index (χ1n) is 8.53. The molecule has 6 heteroatoms. The van der Waals surface area contributed by atoms with Crippen LogP contribution in [0.25, 0.3) is 22.0 Å². The molecular formula is C19H21N5O. The summed E-state index contributed by atoms with van der Waals surface area (Å²) in [6.45, 7) is 2.20. The Labute approximate surface area is 146 Å². The fraction of sp³-hybridized carbons (Fsp3) is 0.316. The van der Waals surface area contributed by atoms with Crippen molar-refractivity contribution in [2.75, 3.05) is 20.1 Å². The number of benzene rings is 1. The third-order valence-electron chi connectivity index (χ3n) is 4.98. The molecule has 0 radical (unpaired) electrons. The molecule has 1 fully saturated rings. The molecular weight excluding hydrogens is 314 g/mol. The minimum atomic E-state index is -0.467. The number of primary amides is 1. The summed E-state index contributed by atoms with van der Waals surface area (Å²) in [6.07, 6.45) is 7.54. The molecule has 1 aromatic carbocycles. The Kier molecular flexibility index (Phi) is 3.97. The highest BCUT2D eigenvalue weighted by Crippen LogP contribution is 2.28. The van der Waals surface area contributed by atoms with Crippen LogP contribution < -0.4 is 5.73 Å². The number of aromatic nitrogens is 3. The number of nitrogens with two attached hydrogens (primary N) is 1. The van der Waals surface area contributed by atoms with E-state index in [1.807, 2.05) is 18.2 Å². The molecule has 3 heterocycles. The Morgan fingerprint density at radius 3 is 2.80 bits per heavy atom. The van der Waals surface area contributed by atoms with Gasteiger partial charge in [0.15, 0.2) is 0 Å². The molecule has 2 aromatic heterocycles. The Morgan fingerprint density at radius 1 is 1.24 bits per heavy atom. The Hall–Kier alpha value is -2.73. The van der Waals surface area contributed by atoms with Crippen LogP contribution in [0, 0.1) is 0 Å². The van der Waals surface area contributed by atoms with E-state index in [1.165, 1.54) is 6.20 Å². The van der Waals surface area contributed by atoms with Gasteiger partial charge in [-0.1, -0.05) is 6.07 Å². The molecule has 1 amide bonds. The predicted molar refractivity (Wildman–Crippen MR) is 97.2 cm³/mol. The van der Waals surface area contributed by atoms with E-state index >= 15 is 0 Å². The van der Waals surface area contributed by atoms with Gasteiger partial charge in [0.25, 0.3) is 5.91 Å². The van der Waals surface area contributed by atoms with Crippen molar-refractivity contribution in [3.63, 3.8) is 0 Å². The highest BCUT2D eigenvalue weighted by atomic mass is 16.1. The number of piperidine rings is 1. The zero-order chi connectivity index (χ0) is 17.4. The van der Waals surface area contributed by atoms with Crippen LogP contribution in [0.1, 0.15) is 29.2 Å². The van der Waals surface area contributed by atoms with Gasteiger partial charge in [0, 0.05) is 24.0 Å². The quantitative estimate of drug-likeness (QED) is 0.797. The molecule has 0 spiro atoms. The van der Waals surface area contributed by atoms with Crippen molar-refractivity contribution in [3.8, 4) is 11.1 Å². The van der Waals surface area contributed by atoms with E-state index in [0.717, 1.165) is 48.0 Å². The highest BCUT2D eigenvalue weighted by Gasteiger charge is 2.19. The molecule has 0 unspecified atom stereocenters. The molecule has 1 aliphatic rings. The maximum Gasteiger partial charge on any atom is 0.250 e. The van der Waals surface area contributed by atoms with Gasteiger partial charge >= 0.3 is 0 Å². The number of rotatable bonds is 3. The largest absolute Gasteiger partial charge is 0.366 e. The number of hydrogen-bond acceptors (Lipinski definition) is 4. The summed E-state index contributed by atoms with van der Waals surface area (Å²) in [5.41, 5.74) is 8.64. The third kappa shape index (κ3) is 3.00. The standard InChI is InChI=1S/C19H21N5O/c1-23-8-5-15(6-9-23)24-12-14-10-13(2-3-18(14)22-24)16-4-7-21-11-17(16)19(20)25/h2-4,7,10-12,15H,5-6,8-9H2,1H3,(H2,20,25). The molecule has 0 atom stereocenters. The Morgan fingerprint density at radius 2 is 2.04 bits per heavy atom. The van der Waals surface area contributed by atoms with Crippen LogP contribution >= 0.6 is 0 Å². The third-order valence-corrected chi connectivity index (χ3v) is 4.98. The predicted octanol–water partition coefficient (Wildman–Crippen LogP) is 2.46. The second-order valence-corrected chi connectivity index (χ2v) is 6.70. The summed E-state index contributed by atoms with van der Waals surface area (Å²) in [6, 6.07) is 8.32. The molecule has 1 aliphatic heterocycles. The van der Waals surface area contributed by atoms with Crippen molar-refractivity contribution < 1.29 is 4.79 Å². The number of pyridine rings is 1. The number of fused-ring (bicyclic) bond motifs is 1. The number of carbonyl (C=O) groups excluding carboxylic acids is 1. The molecule has 0 saturated carbocycles. The summed E-state index contributed by atoms with van der Waals surface area (Å²) in [4.78, 5) is 18.0. The van der Waals surface area contributed by atoms with Gasteiger partial charge in [-0.05, 0) is 62.3 Å². The zero-order valence-electron chi connectivity index (χ0n) is 14.2. The van der Waals surface area contributed by atoms with Gasteiger partial charge in [0.1, 0.15) is 0 Å². The number of likely N-dealkylation sites (tertiary alicyclic amines) is 1. The number of hydrogen-bond donors (Lipinski definition) is 1. The molecule has 0 bridgehead atoms. The SMILES string of the molecule is CN1CCC(n2cc3cc(-c4ccncc4C(N)=O)ccc3n2)CC1. The van der Waals surface area contributed by atoms with Gasteiger partial charge in [-0.15, -0.1) is 0 Å². The van der Waals surface area contributed by atoms with Crippen molar-refractivity contribution in [2.45, 2.75) is 18.9 Å². The van der Waals surface area contributed by atoms with Crippen molar-refractivity contribution in [3.05, 3.63) is 48.4 Å². The maximum atomic E-state index is 11.7. The van der Waals surface area contributed by atoms with Gasteiger partial charge in [0.2, 0.25) is 0 Å². The molecule has 4 rings (SSSR count). The molecule has 25 heavy (non-hydrogen) atoms. The number of amides is 1.